The highest BCUT2D eigenvalue weighted by atomic mass is 16.3. The first kappa shape index (κ1) is 20.0. The maximum atomic E-state index is 6.34. The summed E-state index contributed by atoms with van der Waals surface area (Å²) in [7, 11) is 0. The van der Waals surface area contributed by atoms with E-state index in [1.54, 1.807) is 6.21 Å². The van der Waals surface area contributed by atoms with Gasteiger partial charge in [-0.2, -0.15) is 0 Å². The number of fused-ring (bicyclic) bond motifs is 3. The fraction of sp³-hybridized carbons (Fsp3) is 0.192. The van der Waals surface area contributed by atoms with E-state index >= 15 is 0 Å². The fourth-order valence-electron chi connectivity index (χ4n) is 4.49. The Bertz CT molecular complexity index is 1400. The first-order valence-electron chi connectivity index (χ1n) is 10.7. The molecule has 1 aliphatic heterocycles. The lowest BCUT2D eigenvalue weighted by Gasteiger charge is -2.31. The molecule has 1 atom stereocenters. The maximum Gasteiger partial charge on any atom is 0.227 e. The standard InChI is InChI=1S/C26H25N5O/c1-6-28-25-24(27-5)31(18(4)30(25)19-10-8-7-9-11-19)22-16(2)12-14-20-21-15-13-17(3)29-26(21)32-23(20)22/h6-15,18H,5H2,1-4H3/t18-/m0/s1. The summed E-state index contributed by atoms with van der Waals surface area (Å²) in [4.78, 5) is 18.1. The predicted molar refractivity (Wildman–Crippen MR) is 133 cm³/mol. The van der Waals surface area contributed by atoms with Crippen LogP contribution in [0.2, 0.25) is 0 Å². The smallest absolute Gasteiger partial charge is 0.227 e. The quantitative estimate of drug-likeness (QED) is 0.367. The minimum absolute atomic E-state index is 0.0937. The third-order valence-electron chi connectivity index (χ3n) is 5.90. The third-order valence-corrected chi connectivity index (χ3v) is 5.90. The fourth-order valence-corrected chi connectivity index (χ4v) is 4.49. The number of hydrogen-bond donors (Lipinski definition) is 0. The van der Waals surface area contributed by atoms with Gasteiger partial charge in [0.05, 0.1) is 5.69 Å². The highest BCUT2D eigenvalue weighted by molar-refractivity contribution is 6.09. The van der Waals surface area contributed by atoms with Crippen LogP contribution in [0.3, 0.4) is 0 Å². The Balaban J connectivity index is 1.79. The zero-order valence-corrected chi connectivity index (χ0v) is 18.7. The minimum Gasteiger partial charge on any atom is -0.435 e. The Morgan fingerprint density at radius 1 is 0.969 bits per heavy atom. The summed E-state index contributed by atoms with van der Waals surface area (Å²) in [6, 6.07) is 18.5. The van der Waals surface area contributed by atoms with Crippen molar-refractivity contribution in [3.8, 4) is 0 Å². The molecule has 0 bridgehead atoms. The highest BCUT2D eigenvalue weighted by Crippen LogP contribution is 2.44. The molecule has 0 fully saturated rings. The number of aryl methyl sites for hydroxylation is 2. The van der Waals surface area contributed by atoms with Gasteiger partial charge in [-0.25, -0.2) is 15.0 Å². The Labute approximate surface area is 187 Å². The molecule has 2 aromatic carbocycles. The summed E-state index contributed by atoms with van der Waals surface area (Å²) < 4.78 is 6.34. The van der Waals surface area contributed by atoms with Crippen LogP contribution >= 0.6 is 0 Å². The Morgan fingerprint density at radius 2 is 1.72 bits per heavy atom. The lowest BCUT2D eigenvalue weighted by Crippen LogP contribution is -2.38. The van der Waals surface area contributed by atoms with Crippen LogP contribution in [0.4, 0.5) is 11.4 Å². The van der Waals surface area contributed by atoms with Crippen molar-refractivity contribution in [1.82, 2.24) is 4.98 Å². The minimum atomic E-state index is -0.0937. The second kappa shape index (κ2) is 7.64. The van der Waals surface area contributed by atoms with Gasteiger partial charge in [-0.15, -0.1) is 0 Å². The number of aliphatic imine (C=N–C) groups is 2. The number of nitrogens with zero attached hydrogens (tertiary/aromatic N) is 5. The van der Waals surface area contributed by atoms with E-state index < -0.39 is 0 Å². The normalized spacial score (nSPS) is 16.8. The van der Waals surface area contributed by atoms with Gasteiger partial charge in [0, 0.05) is 28.4 Å². The predicted octanol–water partition coefficient (Wildman–Crippen LogP) is 6.19. The topological polar surface area (TPSA) is 57.2 Å². The number of furan rings is 1. The van der Waals surface area contributed by atoms with Gasteiger partial charge >= 0.3 is 0 Å². The monoisotopic (exact) mass is 423 g/mol. The van der Waals surface area contributed by atoms with Crippen LogP contribution in [0.25, 0.3) is 22.1 Å². The van der Waals surface area contributed by atoms with Crippen LogP contribution < -0.4 is 9.80 Å². The number of anilines is 2. The highest BCUT2D eigenvalue weighted by Gasteiger charge is 2.39. The van der Waals surface area contributed by atoms with Crippen molar-refractivity contribution >= 4 is 46.4 Å². The largest absolute Gasteiger partial charge is 0.435 e. The summed E-state index contributed by atoms with van der Waals surface area (Å²) in [6.07, 6.45) is 1.69. The maximum absolute atomic E-state index is 6.34. The molecule has 1 aliphatic rings. The molecule has 4 aromatic rings. The van der Waals surface area contributed by atoms with Crippen LogP contribution in [0, 0.1) is 13.8 Å². The Kier molecular flexibility index (Phi) is 4.78. The van der Waals surface area contributed by atoms with Gasteiger partial charge in [0.2, 0.25) is 5.71 Å². The van der Waals surface area contributed by atoms with E-state index in [0.717, 1.165) is 44.8 Å². The average molecular weight is 424 g/mol. The lowest BCUT2D eigenvalue weighted by molar-refractivity contribution is 0.645. The first-order chi connectivity index (χ1) is 15.5. The van der Waals surface area contributed by atoms with E-state index in [4.69, 9.17) is 4.42 Å². The summed E-state index contributed by atoms with van der Waals surface area (Å²) in [5.74, 6) is 1.45. The van der Waals surface area contributed by atoms with Crippen molar-refractivity contribution in [2.75, 3.05) is 9.80 Å². The van der Waals surface area contributed by atoms with Crippen LogP contribution in [0.1, 0.15) is 25.1 Å². The number of hydrogen-bond acceptors (Lipinski definition) is 6. The lowest BCUT2D eigenvalue weighted by atomic mass is 10.1. The zero-order chi connectivity index (χ0) is 22.4. The van der Waals surface area contributed by atoms with Crippen molar-refractivity contribution in [3.63, 3.8) is 0 Å². The van der Waals surface area contributed by atoms with Gasteiger partial charge in [0.1, 0.15) is 6.17 Å². The number of rotatable bonds is 4. The van der Waals surface area contributed by atoms with Gasteiger partial charge in [0.25, 0.3) is 0 Å². The van der Waals surface area contributed by atoms with Gasteiger partial charge in [0.15, 0.2) is 17.2 Å². The van der Waals surface area contributed by atoms with Gasteiger partial charge in [-0.1, -0.05) is 30.3 Å². The molecule has 5 rings (SSSR count). The molecule has 0 saturated carbocycles. The number of benzene rings is 2. The average Bonchev–Trinajstić information content (AvgIpc) is 3.28. The van der Waals surface area contributed by atoms with E-state index in [1.807, 2.05) is 38.1 Å². The molecule has 0 aliphatic carbocycles. The molecule has 3 heterocycles. The van der Waals surface area contributed by atoms with Gasteiger partial charge in [-0.05, 0) is 64.2 Å². The van der Waals surface area contributed by atoms with Crippen LogP contribution in [-0.2, 0) is 0 Å². The number of pyridine rings is 1. The molecule has 2 aromatic heterocycles. The molecule has 0 radical (unpaired) electrons. The SMILES string of the molecule is C=NC1=C(N=CC)N(c2ccccc2)[C@H](C)N1c1c(C)ccc2c1oc1nc(C)ccc12. The number of aromatic nitrogens is 1. The van der Waals surface area contributed by atoms with Crippen molar-refractivity contribution in [2.45, 2.75) is 33.9 Å². The Hall–Kier alpha value is -3.93. The molecular formula is C26H25N5O. The summed E-state index contributed by atoms with van der Waals surface area (Å²) in [6.45, 7) is 12.0. The van der Waals surface area contributed by atoms with E-state index in [-0.39, 0.29) is 6.17 Å². The second-order valence-corrected chi connectivity index (χ2v) is 7.92. The van der Waals surface area contributed by atoms with Gasteiger partial charge in [-0.3, -0.25) is 4.90 Å². The molecule has 32 heavy (non-hydrogen) atoms. The molecule has 0 N–H and O–H groups in total. The van der Waals surface area contributed by atoms with Crippen LogP contribution in [0.15, 0.2) is 80.6 Å². The third kappa shape index (κ3) is 2.91. The first-order valence-corrected chi connectivity index (χ1v) is 10.7. The number of para-hydroxylation sites is 1. The summed E-state index contributed by atoms with van der Waals surface area (Å²) in [5, 5.41) is 2.03. The van der Waals surface area contributed by atoms with E-state index in [1.165, 1.54) is 0 Å². The van der Waals surface area contributed by atoms with Crippen molar-refractivity contribution < 1.29 is 4.42 Å². The van der Waals surface area contributed by atoms with E-state index in [0.29, 0.717) is 11.5 Å². The molecule has 6 heteroatoms. The zero-order valence-electron chi connectivity index (χ0n) is 18.7. The molecule has 0 saturated heterocycles. The second-order valence-electron chi connectivity index (χ2n) is 7.92. The van der Waals surface area contributed by atoms with Crippen LogP contribution in [0.5, 0.6) is 0 Å². The van der Waals surface area contributed by atoms with Crippen LogP contribution in [-0.4, -0.2) is 24.1 Å². The van der Waals surface area contributed by atoms with Crippen molar-refractivity contribution in [1.29, 1.82) is 0 Å². The van der Waals surface area contributed by atoms with Crippen molar-refractivity contribution in [2.24, 2.45) is 9.98 Å². The summed E-state index contributed by atoms with van der Waals surface area (Å²) in [5.41, 5.74) is 5.43. The molecular weight excluding hydrogens is 398 g/mol. The molecule has 6 nitrogen and oxygen atoms in total. The van der Waals surface area contributed by atoms with Gasteiger partial charge < -0.3 is 9.32 Å². The van der Waals surface area contributed by atoms with Crippen molar-refractivity contribution in [3.05, 3.63) is 77.5 Å². The van der Waals surface area contributed by atoms with E-state index in [2.05, 4.69) is 75.7 Å². The molecule has 160 valence electrons. The summed E-state index contributed by atoms with van der Waals surface area (Å²) >= 11 is 0. The molecule has 0 unspecified atom stereocenters. The molecule has 0 amide bonds. The Morgan fingerprint density at radius 3 is 2.44 bits per heavy atom. The molecule has 0 spiro atoms. The van der Waals surface area contributed by atoms with E-state index in [9.17, 15) is 0 Å².